The van der Waals surface area contributed by atoms with E-state index in [1.165, 1.54) is 11.4 Å². The monoisotopic (exact) mass is 501 g/mol. The predicted octanol–water partition coefficient (Wildman–Crippen LogP) is 4.27. The summed E-state index contributed by atoms with van der Waals surface area (Å²) in [5, 5.41) is 8.71. The number of nitrogens with zero attached hydrogens (tertiary/aromatic N) is 2. The molecule has 8 nitrogen and oxygen atoms in total. The maximum absolute atomic E-state index is 13.4. The van der Waals surface area contributed by atoms with Crippen molar-refractivity contribution in [2.24, 2.45) is 11.0 Å². The van der Waals surface area contributed by atoms with Crippen LogP contribution in [0.25, 0.3) is 0 Å². The van der Waals surface area contributed by atoms with Crippen LogP contribution in [0.5, 0.6) is 0 Å². The third-order valence-corrected chi connectivity index (χ3v) is 5.98. The van der Waals surface area contributed by atoms with E-state index in [9.17, 15) is 14.4 Å². The van der Waals surface area contributed by atoms with Crippen LogP contribution in [0.2, 0.25) is 0 Å². The van der Waals surface area contributed by atoms with E-state index in [-0.39, 0.29) is 19.1 Å². The molecule has 1 saturated carbocycles. The number of aryl methyl sites for hydroxylation is 1. The predicted molar refractivity (Wildman–Crippen MR) is 140 cm³/mol. The third kappa shape index (κ3) is 10.9. The van der Waals surface area contributed by atoms with Crippen molar-refractivity contribution in [1.29, 1.82) is 0 Å². The number of hydrazone groups is 1. The van der Waals surface area contributed by atoms with Crippen LogP contribution in [-0.2, 0) is 30.3 Å². The quantitative estimate of drug-likeness (QED) is 0.261. The van der Waals surface area contributed by atoms with Crippen molar-refractivity contribution in [3.63, 3.8) is 0 Å². The Bertz CT molecular complexity index is 860. The van der Waals surface area contributed by atoms with Crippen LogP contribution in [0, 0.1) is 5.92 Å². The summed E-state index contributed by atoms with van der Waals surface area (Å²) in [6.07, 6.45) is 8.44. The van der Waals surface area contributed by atoms with Gasteiger partial charge in [0.15, 0.2) is 0 Å². The fraction of sp³-hybridized carbons (Fsp3) is 0.643. The van der Waals surface area contributed by atoms with Crippen molar-refractivity contribution < 1.29 is 23.9 Å². The second-order valence-electron chi connectivity index (χ2n) is 10.4. The Kier molecular flexibility index (Phi) is 12.1. The van der Waals surface area contributed by atoms with Crippen molar-refractivity contribution in [2.45, 2.75) is 97.2 Å². The number of benzene rings is 1. The fourth-order valence-corrected chi connectivity index (χ4v) is 4.19. The summed E-state index contributed by atoms with van der Waals surface area (Å²) in [7, 11) is 0. The van der Waals surface area contributed by atoms with E-state index in [2.05, 4.69) is 10.4 Å². The van der Waals surface area contributed by atoms with Gasteiger partial charge in [0, 0.05) is 6.21 Å². The van der Waals surface area contributed by atoms with Gasteiger partial charge in [0.1, 0.15) is 18.2 Å². The highest BCUT2D eigenvalue weighted by atomic mass is 16.6. The molecule has 0 spiro atoms. The summed E-state index contributed by atoms with van der Waals surface area (Å²) in [6, 6.07) is 8.41. The second kappa shape index (κ2) is 14.7. The molecule has 200 valence electrons. The molecule has 0 heterocycles. The lowest BCUT2D eigenvalue weighted by Gasteiger charge is -2.27. The molecule has 1 aliphatic carbocycles. The van der Waals surface area contributed by atoms with E-state index in [0.29, 0.717) is 12.8 Å². The Hall–Kier alpha value is -2.74. The molecule has 0 unspecified atom stereocenters. The Morgan fingerprint density at radius 2 is 1.81 bits per heavy atom. The molecule has 0 bridgehead atoms. The van der Waals surface area contributed by atoms with Gasteiger partial charge in [-0.1, -0.05) is 49.6 Å². The molecule has 2 atom stereocenters. The maximum atomic E-state index is 13.4. The van der Waals surface area contributed by atoms with Crippen LogP contribution < -0.4 is 5.32 Å². The molecular weight excluding hydrogens is 458 g/mol. The number of ether oxygens (including phenoxy) is 2. The number of rotatable bonds is 12. The SMILES string of the molecule is CCOC(=O)[C@H](CCc1ccccc1)N[C@@H](C)C(=O)N(CC(=O)OC(C)(C)C)N=CC1CCCCC1. The molecule has 0 aliphatic heterocycles. The molecule has 1 N–H and O–H groups in total. The zero-order chi connectivity index (χ0) is 26.6. The number of carbonyl (C=O) groups excluding carboxylic acids is 3. The first-order valence-electron chi connectivity index (χ1n) is 13.1. The first-order valence-corrected chi connectivity index (χ1v) is 13.1. The van der Waals surface area contributed by atoms with Crippen molar-refractivity contribution in [2.75, 3.05) is 13.2 Å². The zero-order valence-corrected chi connectivity index (χ0v) is 22.5. The van der Waals surface area contributed by atoms with Crippen molar-refractivity contribution in [3.05, 3.63) is 35.9 Å². The van der Waals surface area contributed by atoms with E-state index in [1.54, 1.807) is 40.8 Å². The number of amides is 1. The molecule has 0 saturated heterocycles. The van der Waals surface area contributed by atoms with Gasteiger partial charge in [-0.2, -0.15) is 5.10 Å². The third-order valence-electron chi connectivity index (χ3n) is 5.98. The van der Waals surface area contributed by atoms with E-state index >= 15 is 0 Å². The van der Waals surface area contributed by atoms with Crippen molar-refractivity contribution in [3.8, 4) is 0 Å². The molecule has 1 aliphatic rings. The van der Waals surface area contributed by atoms with Gasteiger partial charge in [0.25, 0.3) is 5.91 Å². The zero-order valence-electron chi connectivity index (χ0n) is 22.5. The highest BCUT2D eigenvalue weighted by molar-refractivity contribution is 5.87. The Balaban J connectivity index is 2.12. The van der Waals surface area contributed by atoms with Crippen LogP contribution >= 0.6 is 0 Å². The van der Waals surface area contributed by atoms with E-state index < -0.39 is 35.5 Å². The summed E-state index contributed by atoms with van der Waals surface area (Å²) in [4.78, 5) is 38.6. The van der Waals surface area contributed by atoms with Gasteiger partial charge in [-0.15, -0.1) is 0 Å². The highest BCUT2D eigenvalue weighted by Gasteiger charge is 2.29. The number of nitrogens with one attached hydrogen (secondary N) is 1. The molecule has 1 fully saturated rings. The largest absolute Gasteiger partial charge is 0.465 e. The molecule has 1 amide bonds. The summed E-state index contributed by atoms with van der Waals surface area (Å²) in [5.41, 5.74) is 0.422. The van der Waals surface area contributed by atoms with Crippen LogP contribution in [0.4, 0.5) is 0 Å². The number of hydrogen-bond acceptors (Lipinski definition) is 7. The Morgan fingerprint density at radius 1 is 1.14 bits per heavy atom. The van der Waals surface area contributed by atoms with Gasteiger partial charge in [0.05, 0.1) is 12.6 Å². The summed E-state index contributed by atoms with van der Waals surface area (Å²) in [5.74, 6) is -1.05. The first-order chi connectivity index (χ1) is 17.1. The topological polar surface area (TPSA) is 97.3 Å². The first kappa shape index (κ1) is 29.5. The summed E-state index contributed by atoms with van der Waals surface area (Å²) < 4.78 is 10.7. The smallest absolute Gasteiger partial charge is 0.328 e. The van der Waals surface area contributed by atoms with E-state index in [0.717, 1.165) is 31.2 Å². The molecule has 0 radical (unpaired) electrons. The van der Waals surface area contributed by atoms with Crippen LogP contribution in [-0.4, -0.2) is 59.9 Å². The van der Waals surface area contributed by atoms with Crippen LogP contribution in [0.1, 0.15) is 78.7 Å². The molecule has 0 aromatic heterocycles. The average Bonchev–Trinajstić information content (AvgIpc) is 2.84. The van der Waals surface area contributed by atoms with Gasteiger partial charge < -0.3 is 9.47 Å². The summed E-state index contributed by atoms with van der Waals surface area (Å²) >= 11 is 0. The lowest BCUT2D eigenvalue weighted by molar-refractivity contribution is -0.159. The van der Waals surface area contributed by atoms with Gasteiger partial charge in [0.2, 0.25) is 0 Å². The maximum Gasteiger partial charge on any atom is 0.328 e. The number of esters is 2. The van der Waals surface area contributed by atoms with Crippen molar-refractivity contribution >= 4 is 24.1 Å². The van der Waals surface area contributed by atoms with Gasteiger partial charge in [-0.3, -0.25) is 19.7 Å². The minimum absolute atomic E-state index is 0.251. The minimum Gasteiger partial charge on any atom is -0.465 e. The minimum atomic E-state index is -0.763. The highest BCUT2D eigenvalue weighted by Crippen LogP contribution is 2.22. The van der Waals surface area contributed by atoms with Crippen LogP contribution in [0.15, 0.2) is 35.4 Å². The Labute approximate surface area is 215 Å². The molecule has 36 heavy (non-hydrogen) atoms. The standard InChI is InChI=1S/C28H43N3O5/c1-6-35-27(34)24(18-17-22-13-9-7-10-14-22)30-21(2)26(33)31(20-25(32)36-28(3,4)5)29-19-23-15-11-8-12-16-23/h7,9-10,13-14,19,21,23-24,30H,6,8,11-12,15-18,20H2,1-5H3/t21-,24-/m0/s1. The average molecular weight is 502 g/mol. The lowest BCUT2D eigenvalue weighted by Crippen LogP contribution is -2.51. The molecule has 1 aromatic carbocycles. The summed E-state index contributed by atoms with van der Waals surface area (Å²) in [6.45, 7) is 8.73. The van der Waals surface area contributed by atoms with E-state index in [1.807, 2.05) is 30.3 Å². The second-order valence-corrected chi connectivity index (χ2v) is 10.4. The Morgan fingerprint density at radius 3 is 2.42 bits per heavy atom. The molecule has 2 rings (SSSR count). The molecule has 8 heteroatoms. The van der Waals surface area contributed by atoms with Crippen LogP contribution in [0.3, 0.4) is 0 Å². The molecule has 1 aromatic rings. The number of hydrogen-bond donors (Lipinski definition) is 1. The van der Waals surface area contributed by atoms with Crippen molar-refractivity contribution in [1.82, 2.24) is 10.3 Å². The lowest BCUT2D eigenvalue weighted by atomic mass is 9.90. The van der Waals surface area contributed by atoms with Gasteiger partial charge in [-0.25, -0.2) is 5.01 Å². The normalized spacial score (nSPS) is 16.4. The van der Waals surface area contributed by atoms with Gasteiger partial charge in [-0.05, 0) is 71.8 Å². The van der Waals surface area contributed by atoms with Gasteiger partial charge >= 0.3 is 11.9 Å². The van der Waals surface area contributed by atoms with E-state index in [4.69, 9.17) is 9.47 Å². The number of carbonyl (C=O) groups is 3. The fourth-order valence-electron chi connectivity index (χ4n) is 4.19. The molecular formula is C28H43N3O5.